The molecule has 0 fully saturated rings. The van der Waals surface area contributed by atoms with Crippen LogP contribution in [0.25, 0.3) is 0 Å². The molecule has 0 spiro atoms. The summed E-state index contributed by atoms with van der Waals surface area (Å²) in [5.41, 5.74) is 6.98. The quantitative estimate of drug-likeness (QED) is 0.774. The summed E-state index contributed by atoms with van der Waals surface area (Å²) in [6.07, 6.45) is 2.37. The molecule has 0 aromatic heterocycles. The Labute approximate surface area is 122 Å². The summed E-state index contributed by atoms with van der Waals surface area (Å²) in [6, 6.07) is 7.42. The zero-order valence-corrected chi connectivity index (χ0v) is 13.5. The molecule has 0 saturated heterocycles. The van der Waals surface area contributed by atoms with E-state index < -0.39 is 10.0 Å². The van der Waals surface area contributed by atoms with E-state index in [0.29, 0.717) is 6.54 Å². The van der Waals surface area contributed by atoms with Gasteiger partial charge in [0.15, 0.2) is 0 Å². The van der Waals surface area contributed by atoms with Gasteiger partial charge in [-0.25, -0.2) is 13.1 Å². The summed E-state index contributed by atoms with van der Waals surface area (Å²) in [5.74, 6) is -0.0118. The standard InChI is InChI=1S/C15H26N2O2S/c1-4-15(5-2,6-3)17-20(18,19)12-14-10-8-7-9-13(14)11-16/h7-10,17H,4-6,11-12,16H2,1-3H3. The minimum Gasteiger partial charge on any atom is -0.326 e. The first-order chi connectivity index (χ1) is 9.42. The zero-order chi connectivity index (χ0) is 15.2. The minimum atomic E-state index is -3.37. The van der Waals surface area contributed by atoms with Crippen LogP contribution in [-0.4, -0.2) is 14.0 Å². The Morgan fingerprint density at radius 2 is 1.55 bits per heavy atom. The molecule has 3 N–H and O–H groups in total. The van der Waals surface area contributed by atoms with Gasteiger partial charge in [0.25, 0.3) is 0 Å². The van der Waals surface area contributed by atoms with Gasteiger partial charge in [-0.3, -0.25) is 0 Å². The van der Waals surface area contributed by atoms with Gasteiger partial charge in [0.1, 0.15) is 0 Å². The smallest absolute Gasteiger partial charge is 0.216 e. The summed E-state index contributed by atoms with van der Waals surface area (Å²) in [6.45, 7) is 6.40. The molecule has 5 heteroatoms. The van der Waals surface area contributed by atoms with Crippen LogP contribution < -0.4 is 10.5 Å². The number of hydrogen-bond donors (Lipinski definition) is 2. The number of sulfonamides is 1. The summed E-state index contributed by atoms with van der Waals surface area (Å²) >= 11 is 0. The van der Waals surface area contributed by atoms with Gasteiger partial charge in [-0.15, -0.1) is 0 Å². The third-order valence-corrected chi connectivity index (χ3v) is 5.52. The highest BCUT2D eigenvalue weighted by atomic mass is 32.2. The van der Waals surface area contributed by atoms with Gasteiger partial charge < -0.3 is 5.73 Å². The highest BCUT2D eigenvalue weighted by Gasteiger charge is 2.29. The summed E-state index contributed by atoms with van der Waals surface area (Å²) in [4.78, 5) is 0. The first-order valence-corrected chi connectivity index (χ1v) is 8.85. The second-order valence-electron chi connectivity index (χ2n) is 5.17. The van der Waals surface area contributed by atoms with Crippen LogP contribution in [0.3, 0.4) is 0 Å². The van der Waals surface area contributed by atoms with Crippen LogP contribution in [0.4, 0.5) is 0 Å². The van der Waals surface area contributed by atoms with Crippen molar-refractivity contribution >= 4 is 10.0 Å². The summed E-state index contributed by atoms with van der Waals surface area (Å²) < 4.78 is 27.7. The number of nitrogens with two attached hydrogens (primary N) is 1. The molecule has 0 aliphatic rings. The van der Waals surface area contributed by atoms with Crippen LogP contribution in [0.5, 0.6) is 0 Å². The normalized spacial score (nSPS) is 12.6. The van der Waals surface area contributed by atoms with E-state index in [4.69, 9.17) is 5.73 Å². The Hall–Kier alpha value is -0.910. The van der Waals surface area contributed by atoms with Crippen molar-refractivity contribution in [2.24, 2.45) is 5.73 Å². The fourth-order valence-electron chi connectivity index (χ4n) is 2.43. The van der Waals surface area contributed by atoms with Gasteiger partial charge in [0, 0.05) is 12.1 Å². The van der Waals surface area contributed by atoms with Gasteiger partial charge >= 0.3 is 0 Å². The predicted octanol–water partition coefficient (Wildman–Crippen LogP) is 2.53. The molecular weight excluding hydrogens is 272 g/mol. The lowest BCUT2D eigenvalue weighted by Gasteiger charge is -2.31. The van der Waals surface area contributed by atoms with E-state index >= 15 is 0 Å². The largest absolute Gasteiger partial charge is 0.326 e. The molecule has 1 aromatic carbocycles. The maximum atomic E-state index is 12.4. The van der Waals surface area contributed by atoms with E-state index in [-0.39, 0.29) is 11.3 Å². The van der Waals surface area contributed by atoms with Gasteiger partial charge in [-0.2, -0.15) is 0 Å². The Bertz CT molecular complexity index is 514. The molecule has 0 heterocycles. The minimum absolute atomic E-state index is 0.0118. The van der Waals surface area contributed by atoms with Gasteiger partial charge in [-0.05, 0) is 30.4 Å². The van der Waals surface area contributed by atoms with Crippen molar-refractivity contribution in [3.8, 4) is 0 Å². The third-order valence-electron chi connectivity index (χ3n) is 4.09. The van der Waals surface area contributed by atoms with E-state index in [1.165, 1.54) is 0 Å². The van der Waals surface area contributed by atoms with Crippen LogP contribution in [0.1, 0.15) is 51.2 Å². The molecule has 0 radical (unpaired) electrons. The van der Waals surface area contributed by atoms with Crippen LogP contribution in [-0.2, 0) is 22.3 Å². The highest BCUT2D eigenvalue weighted by Crippen LogP contribution is 2.22. The van der Waals surface area contributed by atoms with E-state index in [1.54, 1.807) is 0 Å². The third kappa shape index (κ3) is 4.30. The molecule has 0 bridgehead atoms. The lowest BCUT2D eigenvalue weighted by atomic mass is 9.91. The lowest BCUT2D eigenvalue weighted by molar-refractivity contribution is 0.341. The fraction of sp³-hybridized carbons (Fsp3) is 0.600. The first-order valence-electron chi connectivity index (χ1n) is 7.20. The molecule has 0 aliphatic carbocycles. The van der Waals surface area contributed by atoms with E-state index in [0.717, 1.165) is 30.4 Å². The van der Waals surface area contributed by atoms with Gasteiger partial charge in [-0.1, -0.05) is 45.0 Å². The number of benzene rings is 1. The van der Waals surface area contributed by atoms with Crippen molar-refractivity contribution < 1.29 is 8.42 Å². The van der Waals surface area contributed by atoms with E-state index in [1.807, 2.05) is 45.0 Å². The molecule has 20 heavy (non-hydrogen) atoms. The molecule has 114 valence electrons. The molecule has 0 unspecified atom stereocenters. The topological polar surface area (TPSA) is 72.2 Å². The van der Waals surface area contributed by atoms with Crippen molar-refractivity contribution in [1.82, 2.24) is 4.72 Å². The molecule has 0 amide bonds. The Morgan fingerprint density at radius 1 is 1.05 bits per heavy atom. The summed E-state index contributed by atoms with van der Waals surface area (Å²) in [7, 11) is -3.37. The summed E-state index contributed by atoms with van der Waals surface area (Å²) in [5, 5.41) is 0. The van der Waals surface area contributed by atoms with Crippen molar-refractivity contribution in [3.05, 3.63) is 35.4 Å². The van der Waals surface area contributed by atoms with Crippen LogP contribution in [0, 0.1) is 0 Å². The van der Waals surface area contributed by atoms with Gasteiger partial charge in [0.05, 0.1) is 5.75 Å². The molecule has 0 saturated carbocycles. The molecule has 4 nitrogen and oxygen atoms in total. The maximum absolute atomic E-state index is 12.4. The molecule has 0 atom stereocenters. The van der Waals surface area contributed by atoms with Crippen molar-refractivity contribution in [2.45, 2.75) is 57.9 Å². The second-order valence-corrected chi connectivity index (χ2v) is 6.90. The van der Waals surface area contributed by atoms with Crippen LogP contribution in [0.2, 0.25) is 0 Å². The number of hydrogen-bond acceptors (Lipinski definition) is 3. The van der Waals surface area contributed by atoms with Crippen molar-refractivity contribution in [3.63, 3.8) is 0 Å². The SMILES string of the molecule is CCC(CC)(CC)NS(=O)(=O)Cc1ccccc1CN. The Morgan fingerprint density at radius 3 is 2.00 bits per heavy atom. The zero-order valence-electron chi connectivity index (χ0n) is 12.6. The maximum Gasteiger partial charge on any atom is 0.216 e. The molecule has 1 rings (SSSR count). The van der Waals surface area contributed by atoms with Crippen LogP contribution >= 0.6 is 0 Å². The lowest BCUT2D eigenvalue weighted by Crippen LogP contribution is -2.47. The Balaban J connectivity index is 2.95. The second kappa shape index (κ2) is 7.20. The van der Waals surface area contributed by atoms with Crippen LogP contribution in [0.15, 0.2) is 24.3 Å². The number of nitrogens with one attached hydrogen (secondary N) is 1. The van der Waals surface area contributed by atoms with E-state index in [9.17, 15) is 8.42 Å². The first kappa shape index (κ1) is 17.1. The molecular formula is C15H26N2O2S. The monoisotopic (exact) mass is 298 g/mol. The van der Waals surface area contributed by atoms with Crippen molar-refractivity contribution in [2.75, 3.05) is 0 Å². The van der Waals surface area contributed by atoms with E-state index in [2.05, 4.69) is 4.72 Å². The van der Waals surface area contributed by atoms with Crippen molar-refractivity contribution in [1.29, 1.82) is 0 Å². The predicted molar refractivity (Wildman–Crippen MR) is 83.7 cm³/mol. The fourth-order valence-corrected chi connectivity index (χ4v) is 4.29. The average molecular weight is 298 g/mol. The number of rotatable bonds is 8. The molecule has 0 aliphatic heterocycles. The Kier molecular flexibility index (Phi) is 6.17. The molecule has 1 aromatic rings. The van der Waals surface area contributed by atoms with Gasteiger partial charge in [0.2, 0.25) is 10.0 Å². The highest BCUT2D eigenvalue weighted by molar-refractivity contribution is 7.88. The average Bonchev–Trinajstić information content (AvgIpc) is 2.45.